The van der Waals surface area contributed by atoms with Crippen molar-refractivity contribution in [2.24, 2.45) is 5.41 Å². The van der Waals surface area contributed by atoms with Crippen molar-refractivity contribution in [1.29, 1.82) is 0 Å². The molecule has 0 radical (unpaired) electrons. The molecule has 1 aliphatic heterocycles. The van der Waals surface area contributed by atoms with Crippen molar-refractivity contribution in [1.82, 2.24) is 5.32 Å². The van der Waals surface area contributed by atoms with Crippen molar-refractivity contribution >= 4 is 19.7 Å². The predicted molar refractivity (Wildman–Crippen MR) is 169 cm³/mol. The number of aliphatic hydroxyl groups excluding tert-OH is 1. The molecule has 13 heteroatoms. The molecular weight excluding hydrogens is 635 g/mol. The normalized spacial score (nSPS) is 20.8. The van der Waals surface area contributed by atoms with Crippen LogP contribution in [0.2, 0.25) is 0 Å². The van der Waals surface area contributed by atoms with Gasteiger partial charge in [-0.1, -0.05) is 36.4 Å². The van der Waals surface area contributed by atoms with Crippen LogP contribution in [0.3, 0.4) is 0 Å². The average Bonchev–Trinajstić information content (AvgIpc) is 3.29. The molecule has 0 aliphatic carbocycles. The van der Waals surface area contributed by atoms with Crippen molar-refractivity contribution in [3.05, 3.63) is 101 Å². The Bertz CT molecular complexity index is 1500. The van der Waals surface area contributed by atoms with Crippen molar-refractivity contribution in [3.63, 3.8) is 0 Å². The number of hydrogen-bond acceptors (Lipinski definition) is 9. The van der Waals surface area contributed by atoms with Crippen LogP contribution in [-0.4, -0.2) is 61.4 Å². The zero-order chi connectivity index (χ0) is 34.4. The highest BCUT2D eigenvalue weighted by Gasteiger charge is 2.48. The molecule has 3 unspecified atom stereocenters. The zero-order valence-corrected chi connectivity index (χ0v) is 27.7. The minimum Gasteiger partial charge on any atom is -0.462 e. The van der Waals surface area contributed by atoms with E-state index in [9.17, 15) is 28.0 Å². The fraction of sp³-hybridized carbons (Fsp3) is 0.412. The van der Waals surface area contributed by atoms with Gasteiger partial charge < -0.3 is 29.2 Å². The Morgan fingerprint density at radius 1 is 0.936 bits per heavy atom. The number of rotatable bonds is 12. The molecule has 10 nitrogen and oxygen atoms in total. The Balaban J connectivity index is 1.51. The fourth-order valence-corrected chi connectivity index (χ4v) is 6.24. The quantitative estimate of drug-likeness (QED) is 0.167. The molecule has 0 saturated carbocycles. The van der Waals surface area contributed by atoms with Gasteiger partial charge >= 0.3 is 19.7 Å². The first-order chi connectivity index (χ1) is 22.1. The van der Waals surface area contributed by atoms with Gasteiger partial charge in [-0.15, -0.1) is 0 Å². The molecule has 0 aromatic heterocycles. The molecule has 2 N–H and O–H groups in total. The van der Waals surface area contributed by atoms with E-state index >= 15 is 0 Å². The van der Waals surface area contributed by atoms with Crippen molar-refractivity contribution in [2.45, 2.75) is 64.6 Å². The maximum absolute atomic E-state index is 13.6. The molecule has 4 rings (SSSR count). The van der Waals surface area contributed by atoms with Crippen LogP contribution in [0.25, 0.3) is 0 Å². The van der Waals surface area contributed by atoms with E-state index in [0.29, 0.717) is 16.7 Å². The van der Waals surface area contributed by atoms with Gasteiger partial charge in [-0.2, -0.15) is 0 Å². The van der Waals surface area contributed by atoms with Gasteiger partial charge in [-0.05, 0) is 80.8 Å². The number of halogens is 2. The second kappa shape index (κ2) is 15.4. The van der Waals surface area contributed by atoms with Gasteiger partial charge in [0.05, 0.1) is 24.2 Å². The van der Waals surface area contributed by atoms with Crippen LogP contribution >= 0.6 is 7.60 Å². The summed E-state index contributed by atoms with van der Waals surface area (Å²) >= 11 is 0. The largest absolute Gasteiger partial charge is 0.462 e. The molecule has 3 aromatic carbocycles. The molecule has 1 saturated heterocycles. The van der Waals surface area contributed by atoms with Crippen LogP contribution in [0.5, 0.6) is 5.75 Å². The predicted octanol–water partition coefficient (Wildman–Crippen LogP) is 6.35. The van der Waals surface area contributed by atoms with Gasteiger partial charge in [0.15, 0.2) is 0 Å². The van der Waals surface area contributed by atoms with Gasteiger partial charge in [0.25, 0.3) is 0 Å². The highest BCUT2D eigenvalue weighted by molar-refractivity contribution is 7.53. The summed E-state index contributed by atoms with van der Waals surface area (Å²) in [7, 11) is -3.87. The van der Waals surface area contributed by atoms with Gasteiger partial charge in [-0.25, -0.2) is 18.1 Å². The molecule has 0 spiro atoms. The van der Waals surface area contributed by atoms with Crippen LogP contribution in [0.1, 0.15) is 50.3 Å². The third-order valence-corrected chi connectivity index (χ3v) is 8.68. The van der Waals surface area contributed by atoms with Gasteiger partial charge in [0, 0.05) is 12.6 Å². The molecular formula is C34H40F2NO9P. The summed E-state index contributed by atoms with van der Waals surface area (Å²) in [5.74, 6) is -1.68. The Hall–Kier alpha value is -3.83. The van der Waals surface area contributed by atoms with Gasteiger partial charge in [0.1, 0.15) is 42.8 Å². The number of alkyl carbamates (subject to hydrolysis) is 1. The van der Waals surface area contributed by atoms with Crippen LogP contribution in [0, 0.1) is 17.0 Å². The molecule has 5 atom stereocenters. The number of ether oxygens (including phenoxy) is 3. The van der Waals surface area contributed by atoms with Crippen LogP contribution in [0.4, 0.5) is 13.6 Å². The number of carbonyl (C=O) groups excluding carboxylic acids is 2. The molecule has 0 bridgehead atoms. The smallest absolute Gasteiger partial charge is 0.407 e. The molecule has 1 fully saturated rings. The summed E-state index contributed by atoms with van der Waals surface area (Å²) in [6, 6.07) is 16.7. The van der Waals surface area contributed by atoms with E-state index in [2.05, 4.69) is 5.32 Å². The molecule has 1 heterocycles. The fourth-order valence-electron chi connectivity index (χ4n) is 4.98. The second-order valence-corrected chi connectivity index (χ2v) is 14.3. The Labute approximate surface area is 272 Å². The summed E-state index contributed by atoms with van der Waals surface area (Å²) < 4.78 is 69.6. The number of benzene rings is 3. The monoisotopic (exact) mass is 675 g/mol. The lowest BCUT2D eigenvalue weighted by Crippen LogP contribution is -2.49. The lowest BCUT2D eigenvalue weighted by Gasteiger charge is -2.28. The number of hydrogen-bond donors (Lipinski definition) is 2. The summed E-state index contributed by atoms with van der Waals surface area (Å²) in [5.41, 5.74) is 1.12. The van der Waals surface area contributed by atoms with Crippen molar-refractivity contribution in [3.8, 4) is 5.75 Å². The maximum atomic E-state index is 13.6. The van der Waals surface area contributed by atoms with Gasteiger partial charge in [0.2, 0.25) is 0 Å². The third kappa shape index (κ3) is 10.1. The highest BCUT2D eigenvalue weighted by Crippen LogP contribution is 2.48. The summed E-state index contributed by atoms with van der Waals surface area (Å²) in [6.45, 7) is 7.42. The number of amides is 1. The number of carbonyl (C=O) groups is 2. The van der Waals surface area contributed by atoms with Crippen molar-refractivity contribution in [2.75, 3.05) is 19.9 Å². The second-order valence-electron chi connectivity index (χ2n) is 12.4. The van der Waals surface area contributed by atoms with Crippen molar-refractivity contribution < 1.29 is 51.3 Å². The minimum absolute atomic E-state index is 0.176. The Morgan fingerprint density at radius 2 is 1.49 bits per heavy atom. The Kier molecular flexibility index (Phi) is 11.8. The molecule has 1 amide bonds. The molecule has 3 aromatic rings. The van der Waals surface area contributed by atoms with E-state index in [-0.39, 0.29) is 25.6 Å². The Morgan fingerprint density at radius 3 is 2.00 bits per heavy atom. The molecule has 1 aliphatic rings. The standard InChI is InChI=1S/C34H40F2NO9P/c1-21-30(37-33(40)43-19-28(23-8-12-25(35)13-9-23)24-10-14-26(36)15-11-24)31(29(44-21)20-42-32(39)34(2,3)4)46-47(5,41)45-27-16-6-22(18-38)7-17-27/h6-17,21,28-31,38H,18-20H2,1-5H3,(H,37,40)/t21-,29+,30?,31?,47?/m0/s1. The van der Waals surface area contributed by atoms with E-state index in [1.54, 1.807) is 64.1 Å². The van der Waals surface area contributed by atoms with Crippen LogP contribution in [-0.2, 0) is 34.7 Å². The zero-order valence-electron chi connectivity index (χ0n) is 26.9. The summed E-state index contributed by atoms with van der Waals surface area (Å²) in [6.07, 6.45) is -3.57. The first-order valence-electron chi connectivity index (χ1n) is 15.1. The summed E-state index contributed by atoms with van der Waals surface area (Å²) in [5, 5.41) is 12.0. The summed E-state index contributed by atoms with van der Waals surface area (Å²) in [4.78, 5) is 25.7. The highest BCUT2D eigenvalue weighted by atomic mass is 31.2. The minimum atomic E-state index is -3.87. The topological polar surface area (TPSA) is 130 Å². The first kappa shape index (κ1) is 36.0. The van der Waals surface area contributed by atoms with E-state index < -0.39 is 67.0 Å². The lowest BCUT2D eigenvalue weighted by molar-refractivity contribution is -0.158. The van der Waals surface area contributed by atoms with Crippen LogP contribution < -0.4 is 9.84 Å². The van der Waals surface area contributed by atoms with E-state index in [1.807, 2.05) is 0 Å². The molecule has 47 heavy (non-hydrogen) atoms. The maximum Gasteiger partial charge on any atom is 0.407 e. The lowest BCUT2D eigenvalue weighted by atomic mass is 9.92. The van der Waals surface area contributed by atoms with Gasteiger partial charge in [-0.3, -0.25) is 9.32 Å². The molecule has 254 valence electrons. The SMILES string of the molecule is C[C@@H]1O[C@H](COC(=O)C(C)(C)C)C(OP(C)(=O)Oc2ccc(CO)cc2)C1NC(=O)OCC(c1ccc(F)cc1)c1ccc(F)cc1. The number of esters is 1. The van der Waals surface area contributed by atoms with E-state index in [1.165, 1.54) is 43.1 Å². The number of aliphatic hydroxyl groups is 1. The number of nitrogens with one attached hydrogen (secondary N) is 1. The third-order valence-electron chi connectivity index (χ3n) is 7.51. The van der Waals surface area contributed by atoms with E-state index in [4.69, 9.17) is 23.3 Å². The first-order valence-corrected chi connectivity index (χ1v) is 17.1. The van der Waals surface area contributed by atoms with E-state index in [0.717, 1.165) is 0 Å². The average molecular weight is 676 g/mol. The van der Waals surface area contributed by atoms with Crippen LogP contribution in [0.15, 0.2) is 72.8 Å².